The third-order valence-electron chi connectivity index (χ3n) is 7.99. The van der Waals surface area contributed by atoms with Crippen LogP contribution in [0.25, 0.3) is 23.2 Å². The first-order valence-corrected chi connectivity index (χ1v) is 18.6. The van der Waals surface area contributed by atoms with E-state index in [-0.39, 0.29) is 22.4 Å². The third-order valence-corrected chi connectivity index (χ3v) is 11.2. The Bertz CT molecular complexity index is 2510. The highest BCUT2D eigenvalue weighted by Gasteiger charge is 2.35. The minimum atomic E-state index is -0.801. The van der Waals surface area contributed by atoms with E-state index in [9.17, 15) is 19.7 Å². The molecule has 1 aliphatic heterocycles. The van der Waals surface area contributed by atoms with Gasteiger partial charge in [-0.15, -0.1) is 21.5 Å². The molecule has 51 heavy (non-hydrogen) atoms. The van der Waals surface area contributed by atoms with E-state index in [1.54, 1.807) is 25.1 Å². The second kappa shape index (κ2) is 14.6. The number of carbonyl (C=O) groups excluding carboxylic acids is 1. The molecule has 11 nitrogen and oxygen atoms in total. The SMILES string of the molecule is CCOC(=O)C1=C(c2ccccc2)N=c2s/c(=C/c3cc([N+](=O)[O-])ccc3Sc3nnc(-c4cccc(Cl)c4)n3CC)c(=O)n2[C@@H]1c1cccs1. The van der Waals surface area contributed by atoms with Gasteiger partial charge in [0.1, 0.15) is 6.04 Å². The summed E-state index contributed by atoms with van der Waals surface area (Å²) in [6, 6.07) is 24.0. The molecule has 0 saturated carbocycles. The van der Waals surface area contributed by atoms with Gasteiger partial charge in [-0.3, -0.25) is 19.5 Å². The molecule has 0 bridgehead atoms. The Morgan fingerprint density at radius 1 is 1.04 bits per heavy atom. The van der Waals surface area contributed by atoms with Crippen LogP contribution < -0.4 is 14.9 Å². The number of thiazole rings is 1. The fourth-order valence-corrected chi connectivity index (χ4v) is 8.72. The van der Waals surface area contributed by atoms with Gasteiger partial charge in [0, 0.05) is 44.6 Å². The van der Waals surface area contributed by atoms with Crippen LogP contribution in [-0.2, 0) is 16.1 Å². The maximum Gasteiger partial charge on any atom is 0.338 e. The average Bonchev–Trinajstić information content (AvgIpc) is 3.88. The summed E-state index contributed by atoms with van der Waals surface area (Å²) in [5.74, 6) is 0.0572. The number of fused-ring (bicyclic) bond motifs is 1. The first kappa shape index (κ1) is 34.3. The molecular formula is C36H27ClN6O5S3. The lowest BCUT2D eigenvalue weighted by Crippen LogP contribution is -2.39. The highest BCUT2D eigenvalue weighted by atomic mass is 35.5. The molecule has 0 amide bonds. The van der Waals surface area contributed by atoms with Gasteiger partial charge in [-0.05, 0) is 66.9 Å². The molecule has 256 valence electrons. The molecule has 1 atom stereocenters. The van der Waals surface area contributed by atoms with Crippen LogP contribution in [0.15, 0.2) is 116 Å². The first-order valence-electron chi connectivity index (χ1n) is 15.7. The zero-order valence-corrected chi connectivity index (χ0v) is 30.3. The van der Waals surface area contributed by atoms with Gasteiger partial charge in [0.2, 0.25) is 0 Å². The number of esters is 1. The molecule has 0 N–H and O–H groups in total. The molecule has 4 heterocycles. The minimum absolute atomic E-state index is 0.137. The van der Waals surface area contributed by atoms with Gasteiger partial charge >= 0.3 is 5.97 Å². The highest BCUT2D eigenvalue weighted by molar-refractivity contribution is 7.99. The lowest BCUT2D eigenvalue weighted by molar-refractivity contribution is -0.384. The molecule has 6 aromatic rings. The number of ether oxygens (including phenoxy) is 1. The number of rotatable bonds is 10. The summed E-state index contributed by atoms with van der Waals surface area (Å²) in [5, 5.41) is 23.8. The van der Waals surface area contributed by atoms with E-state index in [0.29, 0.717) is 49.1 Å². The number of thiophene rings is 1. The Morgan fingerprint density at radius 3 is 2.55 bits per heavy atom. The summed E-state index contributed by atoms with van der Waals surface area (Å²) in [5.41, 5.74) is 2.08. The van der Waals surface area contributed by atoms with E-state index < -0.39 is 22.5 Å². The van der Waals surface area contributed by atoms with E-state index in [2.05, 4.69) is 10.2 Å². The van der Waals surface area contributed by atoms with Crippen molar-refractivity contribution in [2.75, 3.05) is 6.61 Å². The quantitative estimate of drug-likeness (QED) is 0.0831. The molecule has 0 unspecified atom stereocenters. The van der Waals surface area contributed by atoms with Gasteiger partial charge in [0.25, 0.3) is 11.2 Å². The van der Waals surface area contributed by atoms with Gasteiger partial charge in [-0.25, -0.2) is 9.79 Å². The molecule has 3 aromatic carbocycles. The lowest BCUT2D eigenvalue weighted by Gasteiger charge is -2.24. The highest BCUT2D eigenvalue weighted by Crippen LogP contribution is 2.38. The normalized spacial score (nSPS) is 14.3. The molecule has 7 rings (SSSR count). The van der Waals surface area contributed by atoms with Crippen LogP contribution in [0.4, 0.5) is 5.69 Å². The van der Waals surface area contributed by atoms with E-state index in [4.69, 9.17) is 21.3 Å². The van der Waals surface area contributed by atoms with E-state index in [1.165, 1.54) is 39.8 Å². The predicted molar refractivity (Wildman–Crippen MR) is 199 cm³/mol. The zero-order valence-electron chi connectivity index (χ0n) is 27.1. The van der Waals surface area contributed by atoms with Gasteiger partial charge in [0.05, 0.1) is 27.3 Å². The van der Waals surface area contributed by atoms with Crippen molar-refractivity contribution in [3.8, 4) is 11.4 Å². The summed E-state index contributed by atoms with van der Waals surface area (Å²) in [6.07, 6.45) is 1.63. The van der Waals surface area contributed by atoms with Crippen LogP contribution >= 0.6 is 46.0 Å². The van der Waals surface area contributed by atoms with Gasteiger partial charge < -0.3 is 9.30 Å². The molecule has 0 aliphatic carbocycles. The monoisotopic (exact) mass is 754 g/mol. The topological polar surface area (TPSA) is 135 Å². The third kappa shape index (κ3) is 6.70. The smallest absolute Gasteiger partial charge is 0.338 e. The van der Waals surface area contributed by atoms with Crippen LogP contribution in [0, 0.1) is 10.1 Å². The number of non-ortho nitro benzene ring substituents is 1. The van der Waals surface area contributed by atoms with Crippen molar-refractivity contribution in [3.05, 3.63) is 147 Å². The van der Waals surface area contributed by atoms with Crippen molar-refractivity contribution in [2.24, 2.45) is 4.99 Å². The van der Waals surface area contributed by atoms with Crippen LogP contribution in [-0.4, -0.2) is 36.8 Å². The largest absolute Gasteiger partial charge is 0.463 e. The Morgan fingerprint density at radius 2 is 1.84 bits per heavy atom. The molecule has 0 fully saturated rings. The van der Waals surface area contributed by atoms with Crippen LogP contribution in [0.3, 0.4) is 0 Å². The maximum absolute atomic E-state index is 14.4. The number of nitrogens with zero attached hydrogens (tertiary/aromatic N) is 6. The van der Waals surface area contributed by atoms with Crippen molar-refractivity contribution >= 4 is 69.5 Å². The van der Waals surface area contributed by atoms with Gasteiger partial charge in [-0.2, -0.15) is 0 Å². The van der Waals surface area contributed by atoms with E-state index in [0.717, 1.165) is 21.8 Å². The van der Waals surface area contributed by atoms with Crippen molar-refractivity contribution < 1.29 is 14.5 Å². The molecule has 0 radical (unpaired) electrons. The number of nitro benzene ring substituents is 1. The Labute approximate surface area is 308 Å². The number of aromatic nitrogens is 4. The zero-order chi connectivity index (χ0) is 35.6. The average molecular weight is 755 g/mol. The molecule has 0 spiro atoms. The Hall–Kier alpha value is -5.15. The minimum Gasteiger partial charge on any atom is -0.463 e. The Balaban J connectivity index is 1.40. The molecule has 0 saturated heterocycles. The number of nitro groups is 1. The fourth-order valence-electron chi connectivity index (χ4n) is 5.74. The van der Waals surface area contributed by atoms with E-state index >= 15 is 0 Å². The predicted octanol–water partition coefficient (Wildman–Crippen LogP) is 6.99. The van der Waals surface area contributed by atoms with Crippen LogP contribution in [0.5, 0.6) is 0 Å². The molecule has 3 aromatic heterocycles. The molecule has 15 heteroatoms. The molecule has 1 aliphatic rings. The number of hydrogen-bond acceptors (Lipinski definition) is 11. The summed E-state index contributed by atoms with van der Waals surface area (Å²) in [4.78, 5) is 46.1. The van der Waals surface area contributed by atoms with E-state index in [1.807, 2.05) is 77.5 Å². The number of benzene rings is 3. The van der Waals surface area contributed by atoms with Crippen molar-refractivity contribution in [1.29, 1.82) is 0 Å². The van der Waals surface area contributed by atoms with Crippen LogP contribution in [0.1, 0.15) is 35.9 Å². The van der Waals surface area contributed by atoms with Crippen molar-refractivity contribution in [2.45, 2.75) is 36.5 Å². The second-order valence-electron chi connectivity index (χ2n) is 11.1. The van der Waals surface area contributed by atoms with Crippen molar-refractivity contribution in [1.82, 2.24) is 19.3 Å². The first-order chi connectivity index (χ1) is 24.8. The number of carbonyl (C=O) groups is 1. The maximum atomic E-state index is 14.4. The van der Waals surface area contributed by atoms with Crippen molar-refractivity contribution in [3.63, 3.8) is 0 Å². The fraction of sp³-hybridized carbons (Fsp3) is 0.139. The van der Waals surface area contributed by atoms with Crippen LogP contribution in [0.2, 0.25) is 5.02 Å². The van der Waals surface area contributed by atoms with Gasteiger partial charge in [-0.1, -0.05) is 71.5 Å². The number of hydrogen-bond donors (Lipinski definition) is 0. The number of halogens is 1. The Kier molecular flexibility index (Phi) is 9.82. The lowest BCUT2D eigenvalue weighted by atomic mass is 9.97. The summed E-state index contributed by atoms with van der Waals surface area (Å²) >= 11 is 10.1. The molecular weight excluding hydrogens is 728 g/mol. The van der Waals surface area contributed by atoms with Gasteiger partial charge in [0.15, 0.2) is 15.8 Å². The summed E-state index contributed by atoms with van der Waals surface area (Å²) < 4.78 is 9.25. The second-order valence-corrected chi connectivity index (χ2v) is 14.5. The standard InChI is InChI=1S/C36H27ClN6O5S3/c1-3-41-32(22-12-8-13-24(37)18-22)39-40-36(41)50-26-16-15-25(43(46)47)19-23(26)20-28-33(44)42-31(27-14-9-17-49-27)29(34(45)48-4-2)30(38-35(42)51-28)21-10-6-5-7-11-21/h5-20,31H,3-4H2,1-2H3/b28-20+/t31-/m1/s1. The summed E-state index contributed by atoms with van der Waals surface area (Å²) in [6.45, 7) is 4.39. The summed E-state index contributed by atoms with van der Waals surface area (Å²) in [7, 11) is 0.